The molecule has 2 atom stereocenters. The zero-order valence-corrected chi connectivity index (χ0v) is 8.41. The normalized spacial score (nSPS) is 17.2. The second kappa shape index (κ2) is 5.79. The number of rotatable bonds is 4. The van der Waals surface area contributed by atoms with Gasteiger partial charge in [0.15, 0.2) is 0 Å². The van der Waals surface area contributed by atoms with Gasteiger partial charge in [-0.3, -0.25) is 8.74 Å². The largest absolute Gasteiger partial charge is 0.301 e. The monoisotopic (exact) mass is 280 g/mol. The maximum atomic E-state index is 9.87. The Kier molecular flexibility index (Phi) is 6.45. The molecule has 0 bridgehead atoms. The van der Waals surface area contributed by atoms with Gasteiger partial charge in [0, 0.05) is 10.2 Å². The molecule has 0 amide bonds. The van der Waals surface area contributed by atoms with Crippen LogP contribution in [0.1, 0.15) is 0 Å². The lowest BCUT2D eigenvalue weighted by atomic mass is 10.5. The zero-order chi connectivity index (χ0) is 7.28. The molecule has 6 heteroatoms. The van der Waals surface area contributed by atoms with Crippen molar-refractivity contribution >= 4 is 43.2 Å². The Labute approximate surface area is 72.9 Å². The first-order valence-electron chi connectivity index (χ1n) is 2.11. The Hall–Kier alpha value is 1.03. The molecule has 0 saturated heterocycles. The molecule has 1 N–H and O–H groups in total. The minimum Gasteiger partial charge on any atom is -0.284 e. The highest BCUT2D eigenvalue weighted by Crippen LogP contribution is 2.03. The van der Waals surface area contributed by atoms with E-state index in [9.17, 15) is 4.21 Å². The predicted octanol–water partition coefficient (Wildman–Crippen LogP) is 1.30. The Balaban J connectivity index is 3.16. The van der Waals surface area contributed by atoms with E-state index in [1.54, 1.807) is 0 Å². The van der Waals surface area contributed by atoms with Crippen LogP contribution in [-0.4, -0.2) is 25.5 Å². The van der Waals surface area contributed by atoms with Crippen LogP contribution in [0.5, 0.6) is 0 Å². The molecule has 0 aliphatic heterocycles. The lowest BCUT2D eigenvalue weighted by molar-refractivity contribution is 0.313. The summed E-state index contributed by atoms with van der Waals surface area (Å²) in [6, 6.07) is 0. The van der Waals surface area contributed by atoms with Crippen molar-refractivity contribution in [3.8, 4) is 0 Å². The van der Waals surface area contributed by atoms with Gasteiger partial charge < -0.3 is 0 Å². The number of hydrogen-bond donors (Lipinski definition) is 1. The fraction of sp³-hybridized carbons (Fsp3) is 1.00. The van der Waals surface area contributed by atoms with Crippen molar-refractivity contribution in [1.82, 2.24) is 0 Å². The zero-order valence-electron chi connectivity index (χ0n) is 4.42. The number of hydrogen-bond acceptors (Lipinski definition) is 2. The predicted molar refractivity (Wildman–Crippen MR) is 43.2 cm³/mol. The molecule has 0 aliphatic carbocycles. The molecule has 0 saturated carbocycles. The van der Waals surface area contributed by atoms with Crippen LogP contribution < -0.4 is 0 Å². The van der Waals surface area contributed by atoms with Crippen LogP contribution in [0.15, 0.2) is 0 Å². The highest BCUT2D eigenvalue weighted by atomic mass is 79.9. The molecule has 0 spiro atoms. The molecular formula is C3H6Br2O3S. The van der Waals surface area contributed by atoms with E-state index in [-0.39, 0.29) is 11.4 Å². The van der Waals surface area contributed by atoms with Crippen LogP contribution >= 0.6 is 31.9 Å². The van der Waals surface area contributed by atoms with Gasteiger partial charge in [0.05, 0.1) is 6.61 Å². The van der Waals surface area contributed by atoms with E-state index in [2.05, 4.69) is 36.0 Å². The molecule has 0 rings (SSSR count). The first-order chi connectivity index (χ1) is 4.16. The summed E-state index contributed by atoms with van der Waals surface area (Å²) in [5.74, 6) is 0. The van der Waals surface area contributed by atoms with E-state index in [0.717, 1.165) is 0 Å². The highest BCUT2D eigenvalue weighted by Gasteiger charge is 2.02. The van der Waals surface area contributed by atoms with E-state index >= 15 is 0 Å². The number of alkyl halides is 2. The summed E-state index contributed by atoms with van der Waals surface area (Å²) >= 11 is 4.21. The number of halogens is 2. The van der Waals surface area contributed by atoms with Crippen LogP contribution in [0.3, 0.4) is 0 Å². The van der Waals surface area contributed by atoms with Gasteiger partial charge in [-0.2, -0.15) is 4.21 Å². The smallest absolute Gasteiger partial charge is 0.284 e. The second-order valence-corrected chi connectivity index (χ2v) is 3.87. The van der Waals surface area contributed by atoms with Gasteiger partial charge >= 0.3 is 11.4 Å². The van der Waals surface area contributed by atoms with Gasteiger partial charge in [-0.25, -0.2) is 0 Å². The summed E-state index contributed by atoms with van der Waals surface area (Å²) in [6.07, 6.45) is 0. The third-order valence-electron chi connectivity index (χ3n) is 0.517. The molecule has 0 heterocycles. The maximum Gasteiger partial charge on any atom is 0.301 e. The van der Waals surface area contributed by atoms with E-state index in [4.69, 9.17) is 4.55 Å². The minimum absolute atomic E-state index is 0.0913. The molecule has 0 fully saturated rings. The summed E-state index contributed by atoms with van der Waals surface area (Å²) in [5.41, 5.74) is 0. The Morgan fingerprint density at radius 2 is 2.33 bits per heavy atom. The Bertz CT molecular complexity index is 99.1. The lowest BCUT2D eigenvalue weighted by Crippen LogP contribution is -2.10. The SMILES string of the molecule is O=S(O)OCC(Br)CBr. The molecule has 0 aromatic heterocycles. The van der Waals surface area contributed by atoms with Gasteiger partial charge in [-0.1, -0.05) is 31.9 Å². The van der Waals surface area contributed by atoms with Crippen LogP contribution in [0, 0.1) is 0 Å². The average molecular weight is 282 g/mol. The first-order valence-corrected chi connectivity index (χ1v) is 5.18. The van der Waals surface area contributed by atoms with Crippen molar-refractivity contribution in [2.75, 3.05) is 11.9 Å². The Morgan fingerprint density at radius 3 is 2.67 bits per heavy atom. The van der Waals surface area contributed by atoms with Crippen molar-refractivity contribution in [3.05, 3.63) is 0 Å². The van der Waals surface area contributed by atoms with Crippen molar-refractivity contribution in [2.45, 2.75) is 4.83 Å². The molecule has 0 aromatic rings. The lowest BCUT2D eigenvalue weighted by Gasteiger charge is -2.01. The summed E-state index contributed by atoms with van der Waals surface area (Å²) in [4.78, 5) is 0.0913. The molecule has 0 aliphatic rings. The van der Waals surface area contributed by atoms with Crippen LogP contribution in [0.2, 0.25) is 0 Å². The van der Waals surface area contributed by atoms with Crippen molar-refractivity contribution in [3.63, 3.8) is 0 Å². The molecule has 56 valence electrons. The molecular weight excluding hydrogens is 276 g/mol. The van der Waals surface area contributed by atoms with Gasteiger partial charge in [-0.05, 0) is 0 Å². The van der Waals surface area contributed by atoms with Gasteiger partial charge in [0.25, 0.3) is 0 Å². The minimum atomic E-state index is -2.14. The van der Waals surface area contributed by atoms with Crippen LogP contribution in [0.25, 0.3) is 0 Å². The van der Waals surface area contributed by atoms with Crippen molar-refractivity contribution in [2.24, 2.45) is 0 Å². The third kappa shape index (κ3) is 6.92. The molecule has 3 nitrogen and oxygen atoms in total. The van der Waals surface area contributed by atoms with E-state index in [0.29, 0.717) is 5.33 Å². The summed E-state index contributed by atoms with van der Waals surface area (Å²) in [6.45, 7) is 0.231. The van der Waals surface area contributed by atoms with Crippen LogP contribution in [0.4, 0.5) is 0 Å². The van der Waals surface area contributed by atoms with Gasteiger partial charge in [0.1, 0.15) is 0 Å². The third-order valence-corrected chi connectivity index (χ3v) is 3.09. The quantitative estimate of drug-likeness (QED) is 0.624. The molecule has 9 heavy (non-hydrogen) atoms. The standard InChI is InChI=1S/C3H6Br2O3S/c4-1-3(5)2-8-9(6)7/h3H,1-2H2,(H,6,7). The maximum absolute atomic E-state index is 9.87. The van der Waals surface area contributed by atoms with E-state index in [1.165, 1.54) is 0 Å². The molecule has 2 unspecified atom stereocenters. The highest BCUT2D eigenvalue weighted by molar-refractivity contribution is 9.12. The molecule has 0 aromatic carbocycles. The van der Waals surface area contributed by atoms with E-state index < -0.39 is 11.4 Å². The van der Waals surface area contributed by atoms with Gasteiger partial charge in [-0.15, -0.1) is 0 Å². The van der Waals surface area contributed by atoms with Gasteiger partial charge in [0.2, 0.25) is 0 Å². The fourth-order valence-corrected chi connectivity index (χ4v) is 0.951. The summed E-state index contributed by atoms with van der Waals surface area (Å²) in [5, 5.41) is 0.699. The van der Waals surface area contributed by atoms with Crippen LogP contribution in [-0.2, 0) is 15.5 Å². The molecule has 0 radical (unpaired) electrons. The fourth-order valence-electron chi connectivity index (χ4n) is 0.177. The average Bonchev–Trinajstić information content (AvgIpc) is 1.83. The van der Waals surface area contributed by atoms with Crippen molar-refractivity contribution in [1.29, 1.82) is 0 Å². The summed E-state index contributed by atoms with van der Waals surface area (Å²) < 4.78 is 22.3. The first kappa shape index (κ1) is 10.0. The Morgan fingerprint density at radius 1 is 1.78 bits per heavy atom. The topological polar surface area (TPSA) is 46.5 Å². The van der Waals surface area contributed by atoms with Crippen molar-refractivity contribution < 1.29 is 12.9 Å². The second-order valence-electron chi connectivity index (χ2n) is 1.25. The van der Waals surface area contributed by atoms with E-state index in [1.807, 2.05) is 0 Å². The summed E-state index contributed by atoms with van der Waals surface area (Å²) in [7, 11) is 0.